The second-order valence-electron chi connectivity index (χ2n) is 10.3. The Hall–Kier alpha value is -5.68. The zero-order valence-electron chi connectivity index (χ0n) is 21.7. The van der Waals surface area contributed by atoms with Crippen LogP contribution in [0.4, 0.5) is 0 Å². The molecule has 0 saturated carbocycles. The molecule has 3 aromatic heterocycles. The van der Waals surface area contributed by atoms with Crippen LogP contribution in [0.25, 0.3) is 89.3 Å². The van der Waals surface area contributed by atoms with Gasteiger partial charge in [0.1, 0.15) is 11.2 Å². The monoisotopic (exact) mass is 524 g/mol. The highest BCUT2D eigenvalue weighted by atomic mass is 16.3. The number of nitrogens with zero attached hydrogens (tertiary/aromatic N) is 4. The molecule has 0 amide bonds. The predicted octanol–water partition coefficient (Wildman–Crippen LogP) is 8.97. The molecule has 1 aliphatic rings. The van der Waals surface area contributed by atoms with Crippen molar-refractivity contribution in [3.05, 3.63) is 121 Å². The van der Waals surface area contributed by atoms with E-state index in [0.717, 1.165) is 44.1 Å². The highest BCUT2D eigenvalue weighted by Gasteiger charge is 2.23. The van der Waals surface area contributed by atoms with Crippen molar-refractivity contribution in [2.75, 3.05) is 0 Å². The highest BCUT2D eigenvalue weighted by Crippen LogP contribution is 2.47. The topological polar surface area (TPSA) is 64.7 Å². The van der Waals surface area contributed by atoms with Crippen molar-refractivity contribution >= 4 is 32.8 Å². The molecule has 5 nitrogen and oxygen atoms in total. The zero-order valence-corrected chi connectivity index (χ0v) is 21.7. The predicted molar refractivity (Wildman–Crippen MR) is 163 cm³/mol. The first-order valence-electron chi connectivity index (χ1n) is 13.6. The molecule has 0 bridgehead atoms. The van der Waals surface area contributed by atoms with Gasteiger partial charge in [0.05, 0.1) is 5.52 Å². The fraction of sp³-hybridized carbons (Fsp3) is 0. The average Bonchev–Trinajstić information content (AvgIpc) is 3.58. The van der Waals surface area contributed by atoms with Gasteiger partial charge in [-0.2, -0.15) is 0 Å². The van der Waals surface area contributed by atoms with Crippen LogP contribution in [-0.2, 0) is 0 Å². The smallest absolute Gasteiger partial charge is 0.164 e. The Morgan fingerprint density at radius 2 is 1.17 bits per heavy atom. The van der Waals surface area contributed by atoms with Crippen LogP contribution in [-0.4, -0.2) is 19.9 Å². The first kappa shape index (κ1) is 22.2. The summed E-state index contributed by atoms with van der Waals surface area (Å²) in [6.45, 7) is 0. The van der Waals surface area contributed by atoms with Gasteiger partial charge in [0.15, 0.2) is 17.5 Å². The van der Waals surface area contributed by atoms with E-state index < -0.39 is 0 Å². The lowest BCUT2D eigenvalue weighted by Crippen LogP contribution is -2.00. The fourth-order valence-corrected chi connectivity index (χ4v) is 6.10. The van der Waals surface area contributed by atoms with Crippen LogP contribution >= 0.6 is 0 Å². The van der Waals surface area contributed by atoms with Crippen LogP contribution in [0.1, 0.15) is 0 Å². The molecule has 0 radical (unpaired) electrons. The SMILES string of the molecule is c1ccc(-c2nc(-c3ccc4c(c3)-c3ccnc5cccc-4c35)nc(-c3cccc4oc5ccccc5c34)n2)cc1. The van der Waals surface area contributed by atoms with Crippen molar-refractivity contribution in [2.24, 2.45) is 0 Å². The maximum absolute atomic E-state index is 6.18. The highest BCUT2D eigenvalue weighted by molar-refractivity contribution is 6.14. The van der Waals surface area contributed by atoms with E-state index in [0.29, 0.717) is 17.5 Å². The summed E-state index contributed by atoms with van der Waals surface area (Å²) in [5.74, 6) is 1.87. The van der Waals surface area contributed by atoms with E-state index in [1.165, 1.54) is 27.6 Å². The molecule has 41 heavy (non-hydrogen) atoms. The van der Waals surface area contributed by atoms with Crippen LogP contribution in [0, 0.1) is 0 Å². The quantitative estimate of drug-likeness (QED) is 0.231. The number of aromatic nitrogens is 4. The number of rotatable bonds is 3. The van der Waals surface area contributed by atoms with Gasteiger partial charge in [-0.1, -0.05) is 84.9 Å². The molecular formula is C36H20N4O. The minimum absolute atomic E-state index is 0.612. The van der Waals surface area contributed by atoms with Crippen LogP contribution in [0.5, 0.6) is 0 Å². The molecule has 0 saturated heterocycles. The second kappa shape index (κ2) is 8.41. The maximum atomic E-state index is 6.18. The first-order chi connectivity index (χ1) is 20.3. The Balaban J connectivity index is 1.29. The number of benzene rings is 5. The summed E-state index contributed by atoms with van der Waals surface area (Å²) in [4.78, 5) is 19.7. The normalized spacial score (nSPS) is 11.9. The molecule has 5 heteroatoms. The van der Waals surface area contributed by atoms with Crippen molar-refractivity contribution in [1.82, 2.24) is 19.9 Å². The molecule has 5 aromatic carbocycles. The standard InChI is InChI=1S/C36H20N4O/c1-2-8-21(9-3-1)34-38-35(22-16-17-23-24-11-6-13-29-32(24)25(18-19-37-29)28(23)20-22)40-36(39-34)27-12-7-15-31-33(27)26-10-4-5-14-30(26)41-31/h1-20H. The van der Waals surface area contributed by atoms with Crippen molar-refractivity contribution < 1.29 is 4.42 Å². The lowest BCUT2D eigenvalue weighted by Gasteiger charge is -2.10. The summed E-state index contributed by atoms with van der Waals surface area (Å²) in [6.07, 6.45) is 1.88. The molecule has 8 aromatic rings. The van der Waals surface area contributed by atoms with Crippen molar-refractivity contribution in [3.8, 4) is 56.4 Å². The zero-order chi connectivity index (χ0) is 26.9. The summed E-state index contributed by atoms with van der Waals surface area (Å²) in [6, 6.07) is 39.1. The van der Waals surface area contributed by atoms with Gasteiger partial charge in [0, 0.05) is 39.0 Å². The summed E-state index contributed by atoms with van der Waals surface area (Å²) < 4.78 is 6.18. The van der Waals surface area contributed by atoms with Gasteiger partial charge >= 0.3 is 0 Å². The molecule has 3 heterocycles. The molecule has 0 N–H and O–H groups in total. The van der Waals surface area contributed by atoms with Gasteiger partial charge in [0.25, 0.3) is 0 Å². The lowest BCUT2D eigenvalue weighted by molar-refractivity contribution is 0.669. The van der Waals surface area contributed by atoms with E-state index in [4.69, 9.17) is 19.4 Å². The summed E-state index contributed by atoms with van der Waals surface area (Å²) in [7, 11) is 0. The summed E-state index contributed by atoms with van der Waals surface area (Å²) >= 11 is 0. The third-order valence-corrected chi connectivity index (χ3v) is 7.94. The number of para-hydroxylation sites is 1. The molecule has 1 aliphatic carbocycles. The number of hydrogen-bond acceptors (Lipinski definition) is 5. The largest absolute Gasteiger partial charge is 0.456 e. The van der Waals surface area contributed by atoms with E-state index in [-0.39, 0.29) is 0 Å². The lowest BCUT2D eigenvalue weighted by atomic mass is 10.0. The Morgan fingerprint density at radius 1 is 0.439 bits per heavy atom. The van der Waals surface area contributed by atoms with E-state index in [1.54, 1.807) is 0 Å². The average molecular weight is 525 g/mol. The third-order valence-electron chi connectivity index (χ3n) is 7.94. The van der Waals surface area contributed by atoms with Gasteiger partial charge in [0.2, 0.25) is 0 Å². The molecule has 0 aliphatic heterocycles. The van der Waals surface area contributed by atoms with Gasteiger partial charge in [-0.25, -0.2) is 15.0 Å². The van der Waals surface area contributed by atoms with Crippen molar-refractivity contribution in [3.63, 3.8) is 0 Å². The Kier molecular flexibility index (Phi) is 4.55. The summed E-state index contributed by atoms with van der Waals surface area (Å²) in [5.41, 5.74) is 10.2. The Labute approximate surface area is 234 Å². The van der Waals surface area contributed by atoms with Crippen LogP contribution in [0.3, 0.4) is 0 Å². The molecular weight excluding hydrogens is 504 g/mol. The number of fused-ring (bicyclic) bond motifs is 6. The molecule has 0 spiro atoms. The van der Waals surface area contributed by atoms with Gasteiger partial charge in [-0.15, -0.1) is 0 Å². The number of pyridine rings is 1. The number of furan rings is 1. The van der Waals surface area contributed by atoms with Crippen LogP contribution in [0.2, 0.25) is 0 Å². The number of hydrogen-bond donors (Lipinski definition) is 0. The second-order valence-corrected chi connectivity index (χ2v) is 10.3. The fourth-order valence-electron chi connectivity index (χ4n) is 6.10. The van der Waals surface area contributed by atoms with Gasteiger partial charge in [-0.05, 0) is 52.6 Å². The third kappa shape index (κ3) is 3.29. The van der Waals surface area contributed by atoms with Gasteiger partial charge < -0.3 is 4.42 Å². The summed E-state index contributed by atoms with van der Waals surface area (Å²) in [5, 5.41) is 3.24. The Bertz CT molecular complexity index is 2320. The molecule has 0 unspecified atom stereocenters. The van der Waals surface area contributed by atoms with Crippen LogP contribution < -0.4 is 0 Å². The Morgan fingerprint density at radius 3 is 2.10 bits per heavy atom. The van der Waals surface area contributed by atoms with Crippen LogP contribution in [0.15, 0.2) is 126 Å². The minimum Gasteiger partial charge on any atom is -0.456 e. The molecule has 9 rings (SSSR count). The van der Waals surface area contributed by atoms with E-state index >= 15 is 0 Å². The molecule has 0 fully saturated rings. The minimum atomic E-state index is 0.612. The van der Waals surface area contributed by atoms with Gasteiger partial charge in [-0.3, -0.25) is 4.98 Å². The molecule has 0 atom stereocenters. The van der Waals surface area contributed by atoms with E-state index in [1.807, 2.05) is 66.9 Å². The maximum Gasteiger partial charge on any atom is 0.164 e. The first-order valence-corrected chi connectivity index (χ1v) is 13.6. The van der Waals surface area contributed by atoms with E-state index in [2.05, 4.69) is 59.6 Å². The molecule has 190 valence electrons. The van der Waals surface area contributed by atoms with Crippen molar-refractivity contribution in [1.29, 1.82) is 0 Å². The van der Waals surface area contributed by atoms with E-state index in [9.17, 15) is 0 Å². The van der Waals surface area contributed by atoms with Crippen molar-refractivity contribution in [2.45, 2.75) is 0 Å².